The van der Waals surface area contributed by atoms with Gasteiger partial charge in [-0.15, -0.1) is 0 Å². The highest BCUT2D eigenvalue weighted by atomic mass is 16.5. The number of methoxy groups -OCH3 is 1. The molecule has 2 aromatic rings. The zero-order valence-corrected chi connectivity index (χ0v) is 15.0. The fourth-order valence-corrected chi connectivity index (χ4v) is 3.15. The lowest BCUT2D eigenvalue weighted by molar-refractivity contribution is 0.323. The number of nitrogens with zero attached hydrogens (tertiary/aromatic N) is 3. The minimum absolute atomic E-state index is 0.570. The molecule has 0 saturated carbocycles. The first-order valence-electron chi connectivity index (χ1n) is 8.27. The van der Waals surface area contributed by atoms with Crippen molar-refractivity contribution in [2.24, 2.45) is 0 Å². The van der Waals surface area contributed by atoms with Crippen molar-refractivity contribution in [3.63, 3.8) is 0 Å². The number of allylic oxidation sites excluding steroid dienone is 2. The zero-order valence-electron chi connectivity index (χ0n) is 15.0. The number of pyridine rings is 1. The van der Waals surface area contributed by atoms with Crippen LogP contribution in [-0.2, 0) is 6.42 Å². The molecule has 5 nitrogen and oxygen atoms in total. The number of benzene rings is 1. The number of aromatic nitrogens is 1. The third kappa shape index (κ3) is 2.91. The zero-order chi connectivity index (χ0) is 18.0. The Labute approximate surface area is 148 Å². The molecule has 0 spiro atoms. The largest absolute Gasteiger partial charge is 0.495 e. The molecule has 1 aromatic heterocycles. The average Bonchev–Trinajstić information content (AvgIpc) is 2.63. The summed E-state index contributed by atoms with van der Waals surface area (Å²) in [5.41, 5.74) is 5.78. The van der Waals surface area contributed by atoms with Gasteiger partial charge in [0.1, 0.15) is 5.75 Å². The lowest BCUT2D eigenvalue weighted by Crippen LogP contribution is -2.22. The van der Waals surface area contributed by atoms with Gasteiger partial charge in [0.2, 0.25) is 5.88 Å². The number of rotatable bonds is 4. The maximum Gasteiger partial charge on any atom is 0.218 e. The van der Waals surface area contributed by atoms with E-state index >= 15 is 0 Å². The Bertz CT molecular complexity index is 881. The first kappa shape index (κ1) is 16.8. The summed E-state index contributed by atoms with van der Waals surface area (Å²) in [5.74, 6) is 1.33. The van der Waals surface area contributed by atoms with E-state index in [0.29, 0.717) is 23.8 Å². The highest BCUT2D eigenvalue weighted by molar-refractivity contribution is 5.80. The van der Waals surface area contributed by atoms with Gasteiger partial charge in [0.25, 0.3) is 0 Å². The Balaban J connectivity index is 2.22. The lowest BCUT2D eigenvalue weighted by atomic mass is 10.00. The maximum absolute atomic E-state index is 9.15. The van der Waals surface area contributed by atoms with Gasteiger partial charge in [-0.1, -0.05) is 6.08 Å². The summed E-state index contributed by atoms with van der Waals surface area (Å²) in [5, 5.41) is 9.15. The van der Waals surface area contributed by atoms with E-state index < -0.39 is 0 Å². The summed E-state index contributed by atoms with van der Waals surface area (Å²) in [4.78, 5) is 6.60. The van der Waals surface area contributed by atoms with Gasteiger partial charge in [-0.25, -0.2) is 4.98 Å². The molecule has 128 valence electrons. The quantitative estimate of drug-likeness (QED) is 0.835. The predicted octanol–water partition coefficient (Wildman–Crippen LogP) is 4.27. The van der Waals surface area contributed by atoms with Crippen molar-refractivity contribution >= 4 is 11.4 Å². The summed E-state index contributed by atoms with van der Waals surface area (Å²) in [7, 11) is 1.62. The van der Waals surface area contributed by atoms with Crippen molar-refractivity contribution in [1.29, 1.82) is 5.26 Å². The van der Waals surface area contributed by atoms with Crippen molar-refractivity contribution in [2.45, 2.75) is 27.2 Å². The van der Waals surface area contributed by atoms with Gasteiger partial charge in [0, 0.05) is 23.5 Å². The molecule has 0 bridgehead atoms. The summed E-state index contributed by atoms with van der Waals surface area (Å²) < 4.78 is 11.3. The summed E-state index contributed by atoms with van der Waals surface area (Å²) >= 11 is 0. The molecule has 0 saturated heterocycles. The first-order valence-corrected chi connectivity index (χ1v) is 8.27. The van der Waals surface area contributed by atoms with E-state index in [4.69, 9.17) is 14.7 Å². The number of hydrogen-bond acceptors (Lipinski definition) is 5. The number of hydrogen-bond donors (Lipinski definition) is 0. The normalized spacial score (nSPS) is 12.9. The maximum atomic E-state index is 9.15. The minimum atomic E-state index is 0.570. The number of nitriles is 1. The molecular weight excluding hydrogens is 314 g/mol. The molecule has 1 aliphatic heterocycles. The lowest BCUT2D eigenvalue weighted by Gasteiger charge is -2.34. The van der Waals surface area contributed by atoms with Gasteiger partial charge in [-0.3, -0.25) is 0 Å². The molecule has 0 atom stereocenters. The van der Waals surface area contributed by atoms with Gasteiger partial charge in [-0.05, 0) is 44.9 Å². The van der Waals surface area contributed by atoms with E-state index in [2.05, 4.69) is 29.0 Å². The second-order valence-electron chi connectivity index (χ2n) is 5.89. The SMILES string of the molecule is CCOc1ncc(C)c2c1CC=C(C)N2c1ccc(C#N)cc1OC. The molecule has 1 aliphatic rings. The van der Waals surface area contributed by atoms with Gasteiger partial charge in [-0.2, -0.15) is 5.26 Å². The molecule has 0 unspecified atom stereocenters. The summed E-state index contributed by atoms with van der Waals surface area (Å²) in [6, 6.07) is 7.64. The topological polar surface area (TPSA) is 58.4 Å². The molecule has 0 N–H and O–H groups in total. The Morgan fingerprint density at radius 2 is 2.12 bits per heavy atom. The van der Waals surface area contributed by atoms with Crippen LogP contribution < -0.4 is 14.4 Å². The van der Waals surface area contributed by atoms with Crippen LogP contribution in [0.4, 0.5) is 11.4 Å². The highest BCUT2D eigenvalue weighted by Gasteiger charge is 2.26. The number of anilines is 2. The van der Waals surface area contributed by atoms with Crippen molar-refractivity contribution < 1.29 is 9.47 Å². The van der Waals surface area contributed by atoms with E-state index in [-0.39, 0.29) is 0 Å². The van der Waals surface area contributed by atoms with E-state index in [1.165, 1.54) is 0 Å². The molecule has 2 heterocycles. The van der Waals surface area contributed by atoms with E-state index in [9.17, 15) is 0 Å². The van der Waals surface area contributed by atoms with E-state index in [1.807, 2.05) is 26.1 Å². The minimum Gasteiger partial charge on any atom is -0.495 e. The molecule has 0 radical (unpaired) electrons. The number of aryl methyl sites for hydroxylation is 1. The van der Waals surface area contributed by atoms with Crippen molar-refractivity contribution in [3.05, 3.63) is 52.9 Å². The summed E-state index contributed by atoms with van der Waals surface area (Å²) in [6.45, 7) is 6.65. The Hall–Kier alpha value is -3.00. The third-order valence-corrected chi connectivity index (χ3v) is 4.30. The second-order valence-corrected chi connectivity index (χ2v) is 5.89. The molecule has 3 rings (SSSR count). The van der Waals surface area contributed by atoms with Crippen LogP contribution in [0.15, 0.2) is 36.2 Å². The van der Waals surface area contributed by atoms with E-state index in [1.54, 1.807) is 19.2 Å². The molecule has 0 amide bonds. The van der Waals surface area contributed by atoms with Crippen LogP contribution in [0.25, 0.3) is 0 Å². The van der Waals surface area contributed by atoms with Crippen molar-refractivity contribution in [3.8, 4) is 17.7 Å². The second kappa shape index (κ2) is 6.86. The van der Waals surface area contributed by atoms with Gasteiger partial charge in [0.15, 0.2) is 0 Å². The van der Waals surface area contributed by atoms with E-state index in [0.717, 1.165) is 34.6 Å². The first-order chi connectivity index (χ1) is 12.1. The van der Waals surface area contributed by atoms with Gasteiger partial charge < -0.3 is 14.4 Å². The molecule has 1 aromatic carbocycles. The van der Waals surface area contributed by atoms with Crippen molar-refractivity contribution in [1.82, 2.24) is 4.98 Å². The molecular formula is C20H21N3O2. The Morgan fingerprint density at radius 1 is 1.32 bits per heavy atom. The highest BCUT2D eigenvalue weighted by Crippen LogP contribution is 2.44. The fraction of sp³-hybridized carbons (Fsp3) is 0.300. The van der Waals surface area contributed by atoms with Crippen LogP contribution in [0.5, 0.6) is 11.6 Å². The molecule has 0 fully saturated rings. The van der Waals surface area contributed by atoms with Crippen LogP contribution in [0, 0.1) is 18.3 Å². The van der Waals surface area contributed by atoms with Crippen LogP contribution in [0.1, 0.15) is 30.5 Å². The van der Waals surface area contributed by atoms with Gasteiger partial charge in [0.05, 0.1) is 36.7 Å². The Kier molecular flexibility index (Phi) is 4.62. The van der Waals surface area contributed by atoms with Crippen LogP contribution in [0.3, 0.4) is 0 Å². The smallest absolute Gasteiger partial charge is 0.218 e. The third-order valence-electron chi connectivity index (χ3n) is 4.30. The standard InChI is InChI=1S/C20H21N3O2/c1-5-25-20-16-8-6-14(3)23(19(16)13(2)12-22-20)17-9-7-15(11-21)10-18(17)24-4/h6-7,9-10,12H,5,8H2,1-4H3. The Morgan fingerprint density at radius 3 is 2.80 bits per heavy atom. The summed E-state index contributed by atoms with van der Waals surface area (Å²) in [6.07, 6.45) is 4.77. The number of ether oxygens (including phenoxy) is 2. The molecule has 5 heteroatoms. The van der Waals surface area contributed by atoms with Gasteiger partial charge >= 0.3 is 0 Å². The van der Waals surface area contributed by atoms with Crippen LogP contribution >= 0.6 is 0 Å². The monoisotopic (exact) mass is 335 g/mol. The fourth-order valence-electron chi connectivity index (χ4n) is 3.15. The predicted molar refractivity (Wildman–Crippen MR) is 97.5 cm³/mol. The molecule has 0 aliphatic carbocycles. The van der Waals surface area contributed by atoms with Crippen molar-refractivity contribution in [2.75, 3.05) is 18.6 Å². The molecule has 25 heavy (non-hydrogen) atoms. The van der Waals surface area contributed by atoms with Crippen LogP contribution in [-0.4, -0.2) is 18.7 Å². The average molecular weight is 335 g/mol. The number of fused-ring (bicyclic) bond motifs is 1. The van der Waals surface area contributed by atoms with Crippen LogP contribution in [0.2, 0.25) is 0 Å².